The molecule has 29 heavy (non-hydrogen) atoms. The fourth-order valence-corrected chi connectivity index (χ4v) is 3.54. The maximum absolute atomic E-state index is 13.6. The highest BCUT2D eigenvalue weighted by molar-refractivity contribution is 5.94. The van der Waals surface area contributed by atoms with Gasteiger partial charge in [-0.2, -0.15) is 13.2 Å². The van der Waals surface area contributed by atoms with E-state index in [9.17, 15) is 22.4 Å². The maximum atomic E-state index is 13.6. The number of hydrogen-bond donors (Lipinski definition) is 1. The lowest BCUT2D eigenvalue weighted by Gasteiger charge is -2.18. The first kappa shape index (κ1) is 19.2. The highest BCUT2D eigenvalue weighted by Crippen LogP contribution is 2.31. The van der Waals surface area contributed by atoms with Gasteiger partial charge in [-0.15, -0.1) is 0 Å². The van der Waals surface area contributed by atoms with Crippen molar-refractivity contribution in [3.63, 3.8) is 0 Å². The van der Waals surface area contributed by atoms with E-state index in [1.54, 1.807) is 12.3 Å². The Labute approximate surface area is 164 Å². The van der Waals surface area contributed by atoms with Gasteiger partial charge in [0.1, 0.15) is 11.5 Å². The summed E-state index contributed by atoms with van der Waals surface area (Å²) in [7, 11) is 0. The number of aryl methyl sites for hydroxylation is 2. The Balaban J connectivity index is 1.55. The molecule has 0 bridgehead atoms. The van der Waals surface area contributed by atoms with Crippen molar-refractivity contribution in [2.45, 2.75) is 25.6 Å². The third-order valence-electron chi connectivity index (χ3n) is 4.90. The quantitative estimate of drug-likeness (QED) is 0.663. The van der Waals surface area contributed by atoms with Crippen molar-refractivity contribution >= 4 is 5.91 Å². The van der Waals surface area contributed by atoms with Crippen molar-refractivity contribution < 1.29 is 22.4 Å². The number of fused-ring (bicyclic) bond motifs is 1. The Morgan fingerprint density at radius 1 is 1.03 bits per heavy atom. The van der Waals surface area contributed by atoms with Crippen LogP contribution in [0, 0.1) is 5.82 Å². The number of hydrogen-bond acceptors (Lipinski definition) is 2. The first-order valence-electron chi connectivity index (χ1n) is 9.11. The Morgan fingerprint density at radius 2 is 1.83 bits per heavy atom. The van der Waals surface area contributed by atoms with E-state index in [0.29, 0.717) is 37.0 Å². The van der Waals surface area contributed by atoms with Crippen LogP contribution in [0.25, 0.3) is 11.3 Å². The number of alkyl halides is 3. The Kier molecular flexibility index (Phi) is 4.86. The minimum absolute atomic E-state index is 0.122. The van der Waals surface area contributed by atoms with E-state index in [1.165, 1.54) is 0 Å². The molecule has 8 heteroatoms. The van der Waals surface area contributed by atoms with Gasteiger partial charge in [0.2, 0.25) is 0 Å². The molecule has 0 fully saturated rings. The molecule has 0 unspecified atom stereocenters. The standard InChI is InChI=1S/C21H17F4N3O/c22-16-10-13(9-15(12-16)21(23,24)25)1-2-17-11-14(5-6-26-17)18-3-4-19-20(29)27-7-8-28(18)19/h3-6,9-12H,1-2,7-8H2,(H,27,29). The Bertz CT molecular complexity index is 1070. The van der Waals surface area contributed by atoms with E-state index in [-0.39, 0.29) is 17.9 Å². The molecular formula is C21H17F4N3O. The van der Waals surface area contributed by atoms with Crippen molar-refractivity contribution in [3.05, 3.63) is 77.0 Å². The topological polar surface area (TPSA) is 46.9 Å². The van der Waals surface area contributed by atoms with Gasteiger partial charge >= 0.3 is 6.18 Å². The molecule has 150 valence electrons. The van der Waals surface area contributed by atoms with Gasteiger partial charge in [0.05, 0.1) is 5.56 Å². The number of carbonyl (C=O) groups is 1. The van der Waals surface area contributed by atoms with Crippen LogP contribution in [-0.4, -0.2) is 22.0 Å². The van der Waals surface area contributed by atoms with Gasteiger partial charge in [-0.25, -0.2) is 4.39 Å². The molecule has 0 radical (unpaired) electrons. The minimum atomic E-state index is -4.59. The van der Waals surface area contributed by atoms with Crippen LogP contribution in [0.1, 0.15) is 27.3 Å². The van der Waals surface area contributed by atoms with E-state index in [0.717, 1.165) is 23.4 Å². The second kappa shape index (κ2) is 7.35. The van der Waals surface area contributed by atoms with Crippen LogP contribution in [0.5, 0.6) is 0 Å². The second-order valence-corrected chi connectivity index (χ2v) is 6.89. The Morgan fingerprint density at radius 3 is 2.62 bits per heavy atom. The lowest BCUT2D eigenvalue weighted by molar-refractivity contribution is -0.137. The number of rotatable bonds is 4. The molecule has 4 rings (SSSR count). The van der Waals surface area contributed by atoms with Gasteiger partial charge in [-0.05, 0) is 60.9 Å². The first-order valence-corrected chi connectivity index (χ1v) is 9.11. The van der Waals surface area contributed by atoms with Crippen LogP contribution in [0.15, 0.2) is 48.7 Å². The summed E-state index contributed by atoms with van der Waals surface area (Å²) in [6, 6.07) is 9.86. The molecule has 1 aliphatic heterocycles. The highest BCUT2D eigenvalue weighted by atomic mass is 19.4. The summed E-state index contributed by atoms with van der Waals surface area (Å²) in [4.78, 5) is 16.2. The molecular weight excluding hydrogens is 386 g/mol. The molecule has 1 N–H and O–H groups in total. The molecule has 3 aromatic rings. The third-order valence-corrected chi connectivity index (χ3v) is 4.90. The number of pyridine rings is 1. The van der Waals surface area contributed by atoms with Gasteiger partial charge < -0.3 is 9.88 Å². The lowest BCUT2D eigenvalue weighted by Crippen LogP contribution is -2.35. The van der Waals surface area contributed by atoms with Gasteiger partial charge in [0, 0.05) is 36.2 Å². The van der Waals surface area contributed by atoms with E-state index >= 15 is 0 Å². The van der Waals surface area contributed by atoms with Crippen LogP contribution >= 0.6 is 0 Å². The number of nitrogens with one attached hydrogen (secondary N) is 1. The number of aromatic nitrogens is 2. The first-order chi connectivity index (χ1) is 13.8. The lowest BCUT2D eigenvalue weighted by atomic mass is 10.0. The minimum Gasteiger partial charge on any atom is -0.349 e. The summed E-state index contributed by atoms with van der Waals surface area (Å²) in [5, 5.41) is 2.79. The van der Waals surface area contributed by atoms with Gasteiger partial charge in [-0.3, -0.25) is 9.78 Å². The zero-order chi connectivity index (χ0) is 20.6. The summed E-state index contributed by atoms with van der Waals surface area (Å²) >= 11 is 0. The molecule has 1 aliphatic rings. The zero-order valence-corrected chi connectivity index (χ0v) is 15.3. The molecule has 0 atom stereocenters. The van der Waals surface area contributed by atoms with E-state index < -0.39 is 17.6 Å². The molecule has 4 nitrogen and oxygen atoms in total. The molecule has 1 aromatic carbocycles. The van der Waals surface area contributed by atoms with Crippen LogP contribution < -0.4 is 5.32 Å². The number of amides is 1. The van der Waals surface area contributed by atoms with Crippen LogP contribution in [0.2, 0.25) is 0 Å². The summed E-state index contributed by atoms with van der Waals surface area (Å²) in [5.41, 5.74) is 2.28. The van der Waals surface area contributed by atoms with Crippen LogP contribution in [-0.2, 0) is 25.6 Å². The zero-order valence-electron chi connectivity index (χ0n) is 15.3. The molecule has 0 spiro atoms. The fourth-order valence-electron chi connectivity index (χ4n) is 3.54. The average molecular weight is 403 g/mol. The SMILES string of the molecule is O=C1NCCn2c1ccc2-c1ccnc(CCc2cc(F)cc(C(F)(F)F)c2)c1. The maximum Gasteiger partial charge on any atom is 0.416 e. The van der Waals surface area contributed by atoms with Crippen molar-refractivity contribution in [2.24, 2.45) is 0 Å². The van der Waals surface area contributed by atoms with Crippen LogP contribution in [0.3, 0.4) is 0 Å². The largest absolute Gasteiger partial charge is 0.416 e. The molecule has 0 saturated heterocycles. The monoisotopic (exact) mass is 403 g/mol. The Hall–Kier alpha value is -3.16. The van der Waals surface area contributed by atoms with Crippen molar-refractivity contribution in [1.29, 1.82) is 0 Å². The summed E-state index contributed by atoms with van der Waals surface area (Å²) in [6.07, 6.45) is -2.37. The van der Waals surface area contributed by atoms with Crippen molar-refractivity contribution in [3.8, 4) is 11.3 Å². The van der Waals surface area contributed by atoms with Crippen molar-refractivity contribution in [2.75, 3.05) is 6.54 Å². The molecule has 2 aromatic heterocycles. The predicted molar refractivity (Wildman–Crippen MR) is 98.8 cm³/mol. The molecule has 0 aliphatic carbocycles. The van der Waals surface area contributed by atoms with Gasteiger partial charge in [0.25, 0.3) is 5.91 Å². The number of nitrogens with zero attached hydrogens (tertiary/aromatic N) is 2. The van der Waals surface area contributed by atoms with Crippen LogP contribution in [0.4, 0.5) is 17.6 Å². The normalized spacial score (nSPS) is 13.9. The molecule has 1 amide bonds. The van der Waals surface area contributed by atoms with Crippen molar-refractivity contribution in [1.82, 2.24) is 14.9 Å². The number of benzene rings is 1. The van der Waals surface area contributed by atoms with Gasteiger partial charge in [0.15, 0.2) is 0 Å². The smallest absolute Gasteiger partial charge is 0.349 e. The van der Waals surface area contributed by atoms with E-state index in [2.05, 4.69) is 10.3 Å². The fraction of sp³-hybridized carbons (Fsp3) is 0.238. The van der Waals surface area contributed by atoms with E-state index in [4.69, 9.17) is 0 Å². The summed E-state index contributed by atoms with van der Waals surface area (Å²) < 4.78 is 54.1. The number of halogens is 4. The van der Waals surface area contributed by atoms with Gasteiger partial charge in [-0.1, -0.05) is 0 Å². The molecule has 0 saturated carbocycles. The molecule has 3 heterocycles. The summed E-state index contributed by atoms with van der Waals surface area (Å²) in [5.74, 6) is -1.03. The number of carbonyl (C=O) groups excluding carboxylic acids is 1. The predicted octanol–water partition coefficient (Wildman–Crippen LogP) is 4.24. The third kappa shape index (κ3) is 4.01. The van der Waals surface area contributed by atoms with E-state index in [1.807, 2.05) is 22.8 Å². The second-order valence-electron chi connectivity index (χ2n) is 6.89. The highest BCUT2D eigenvalue weighted by Gasteiger charge is 2.31. The summed E-state index contributed by atoms with van der Waals surface area (Å²) in [6.45, 7) is 1.21. The average Bonchev–Trinajstić information content (AvgIpc) is 3.11.